The molecule has 100 valence electrons. The maximum atomic E-state index is 10.5. The van der Waals surface area contributed by atoms with Crippen LogP contribution in [0.5, 0.6) is 5.75 Å². The fourth-order valence-electron chi connectivity index (χ4n) is 2.05. The van der Waals surface area contributed by atoms with Crippen molar-refractivity contribution in [3.63, 3.8) is 0 Å². The highest BCUT2D eigenvalue weighted by Crippen LogP contribution is 2.26. The van der Waals surface area contributed by atoms with Crippen molar-refractivity contribution in [3.05, 3.63) is 48.8 Å². The molecule has 0 atom stereocenters. The number of rotatable bonds is 4. The average Bonchev–Trinajstić information content (AvgIpc) is 2.98. The van der Waals surface area contributed by atoms with Crippen molar-refractivity contribution in [2.24, 2.45) is 0 Å². The van der Waals surface area contributed by atoms with Crippen LogP contribution in [0.4, 0.5) is 0 Å². The number of aliphatic carboxylic acids is 1. The molecule has 20 heavy (non-hydrogen) atoms. The first-order chi connectivity index (χ1) is 9.72. The van der Waals surface area contributed by atoms with Crippen LogP contribution in [0, 0.1) is 0 Å². The largest absolute Gasteiger partial charge is 0.482 e. The van der Waals surface area contributed by atoms with E-state index in [1.165, 1.54) is 0 Å². The van der Waals surface area contributed by atoms with Gasteiger partial charge < -0.3 is 9.84 Å². The Kier molecular flexibility index (Phi) is 3.09. The molecule has 0 fully saturated rings. The van der Waals surface area contributed by atoms with Crippen LogP contribution in [0.3, 0.4) is 0 Å². The number of carbonyl (C=O) groups is 1. The average molecular weight is 268 g/mol. The molecule has 1 heterocycles. The van der Waals surface area contributed by atoms with Gasteiger partial charge in [0.15, 0.2) is 6.61 Å². The number of carboxylic acid groups (broad SMARTS) is 1. The Labute approximate surface area is 114 Å². The fourth-order valence-corrected chi connectivity index (χ4v) is 2.05. The van der Waals surface area contributed by atoms with Crippen LogP contribution in [0.15, 0.2) is 48.8 Å². The van der Waals surface area contributed by atoms with E-state index in [1.54, 1.807) is 12.3 Å². The molecule has 0 aliphatic rings. The quantitative estimate of drug-likeness (QED) is 0.762. The minimum atomic E-state index is -0.986. The molecule has 0 unspecified atom stereocenters. The van der Waals surface area contributed by atoms with Crippen molar-refractivity contribution in [1.82, 2.24) is 10.2 Å². The van der Waals surface area contributed by atoms with Gasteiger partial charge in [0.05, 0.1) is 6.20 Å². The first-order valence-corrected chi connectivity index (χ1v) is 6.10. The van der Waals surface area contributed by atoms with Gasteiger partial charge in [-0.05, 0) is 34.5 Å². The summed E-state index contributed by atoms with van der Waals surface area (Å²) < 4.78 is 5.16. The van der Waals surface area contributed by atoms with Gasteiger partial charge >= 0.3 is 5.97 Å². The van der Waals surface area contributed by atoms with Gasteiger partial charge in [0.1, 0.15) is 5.75 Å². The predicted molar refractivity (Wildman–Crippen MR) is 74.7 cm³/mol. The van der Waals surface area contributed by atoms with E-state index in [2.05, 4.69) is 16.3 Å². The molecular formula is C15H12N2O3. The number of benzene rings is 2. The maximum Gasteiger partial charge on any atom is 0.341 e. The third-order valence-corrected chi connectivity index (χ3v) is 3.01. The maximum absolute atomic E-state index is 10.5. The van der Waals surface area contributed by atoms with E-state index in [0.29, 0.717) is 5.75 Å². The molecule has 0 aliphatic carbocycles. The van der Waals surface area contributed by atoms with Gasteiger partial charge in [-0.2, -0.15) is 5.10 Å². The van der Waals surface area contributed by atoms with Crippen molar-refractivity contribution in [2.75, 3.05) is 6.61 Å². The molecule has 3 rings (SSSR count). The molecule has 0 amide bonds. The monoisotopic (exact) mass is 268 g/mol. The van der Waals surface area contributed by atoms with Crippen molar-refractivity contribution >= 4 is 16.7 Å². The van der Waals surface area contributed by atoms with Gasteiger partial charge in [0.2, 0.25) is 0 Å². The summed E-state index contributed by atoms with van der Waals surface area (Å²) in [6.07, 6.45) is 3.61. The van der Waals surface area contributed by atoms with Gasteiger partial charge in [0.25, 0.3) is 0 Å². The Bertz CT molecular complexity index is 751. The SMILES string of the molecule is O=C(O)COc1ccc2cc(-c3cn[nH]c3)ccc2c1. The normalized spacial score (nSPS) is 10.6. The topological polar surface area (TPSA) is 75.2 Å². The second-order valence-electron chi connectivity index (χ2n) is 4.39. The summed E-state index contributed by atoms with van der Waals surface area (Å²) in [5.41, 5.74) is 2.10. The second kappa shape index (κ2) is 5.05. The summed E-state index contributed by atoms with van der Waals surface area (Å²) in [7, 11) is 0. The lowest BCUT2D eigenvalue weighted by atomic mass is 10.0. The van der Waals surface area contributed by atoms with E-state index in [-0.39, 0.29) is 6.61 Å². The van der Waals surface area contributed by atoms with E-state index in [0.717, 1.165) is 21.9 Å². The zero-order valence-corrected chi connectivity index (χ0v) is 10.5. The molecule has 0 saturated carbocycles. The van der Waals surface area contributed by atoms with Crippen LogP contribution in [0.25, 0.3) is 21.9 Å². The summed E-state index contributed by atoms with van der Waals surface area (Å²) in [6, 6.07) is 11.5. The smallest absolute Gasteiger partial charge is 0.341 e. The van der Waals surface area contributed by atoms with Crippen molar-refractivity contribution < 1.29 is 14.6 Å². The lowest BCUT2D eigenvalue weighted by Gasteiger charge is -2.06. The Morgan fingerprint density at radius 2 is 1.95 bits per heavy atom. The summed E-state index contributed by atoms with van der Waals surface area (Å²) in [6.45, 7) is -0.335. The van der Waals surface area contributed by atoms with Gasteiger partial charge in [0, 0.05) is 11.8 Å². The summed E-state index contributed by atoms with van der Waals surface area (Å²) in [5, 5.41) is 17.4. The number of nitrogens with one attached hydrogen (secondary N) is 1. The first kappa shape index (κ1) is 12.2. The van der Waals surface area contributed by atoms with Crippen LogP contribution in [-0.4, -0.2) is 27.9 Å². The number of hydrogen-bond acceptors (Lipinski definition) is 3. The summed E-state index contributed by atoms with van der Waals surface area (Å²) >= 11 is 0. The number of fused-ring (bicyclic) bond motifs is 1. The van der Waals surface area contributed by atoms with Crippen LogP contribution in [0.2, 0.25) is 0 Å². The van der Waals surface area contributed by atoms with E-state index < -0.39 is 5.97 Å². The van der Waals surface area contributed by atoms with Gasteiger partial charge in [-0.15, -0.1) is 0 Å². The zero-order valence-electron chi connectivity index (χ0n) is 10.5. The highest BCUT2D eigenvalue weighted by molar-refractivity contribution is 5.88. The third kappa shape index (κ3) is 2.47. The molecule has 0 bridgehead atoms. The zero-order chi connectivity index (χ0) is 13.9. The number of aromatic nitrogens is 2. The first-order valence-electron chi connectivity index (χ1n) is 6.10. The number of H-pyrrole nitrogens is 1. The Morgan fingerprint density at radius 1 is 1.15 bits per heavy atom. The molecule has 0 saturated heterocycles. The molecule has 3 aromatic rings. The van der Waals surface area contributed by atoms with E-state index in [9.17, 15) is 4.79 Å². The molecule has 2 N–H and O–H groups in total. The molecule has 0 radical (unpaired) electrons. The molecule has 5 heteroatoms. The summed E-state index contributed by atoms with van der Waals surface area (Å²) in [4.78, 5) is 10.5. The lowest BCUT2D eigenvalue weighted by Crippen LogP contribution is -2.09. The van der Waals surface area contributed by atoms with Crippen LogP contribution in [-0.2, 0) is 4.79 Å². The third-order valence-electron chi connectivity index (χ3n) is 3.01. The highest BCUT2D eigenvalue weighted by atomic mass is 16.5. The molecule has 5 nitrogen and oxygen atoms in total. The van der Waals surface area contributed by atoms with E-state index >= 15 is 0 Å². The molecule has 0 aliphatic heterocycles. The number of ether oxygens (including phenoxy) is 1. The highest BCUT2D eigenvalue weighted by Gasteiger charge is 2.03. The molecule has 2 aromatic carbocycles. The number of aromatic amines is 1. The van der Waals surface area contributed by atoms with Crippen molar-refractivity contribution in [2.45, 2.75) is 0 Å². The predicted octanol–water partition coefficient (Wildman–Crippen LogP) is 2.69. The lowest BCUT2D eigenvalue weighted by molar-refractivity contribution is -0.139. The standard InChI is InChI=1S/C15H12N2O3/c18-15(19)9-20-14-4-3-10-5-11(1-2-12(10)6-14)13-7-16-17-8-13/h1-8H,9H2,(H,16,17)(H,18,19). The Balaban J connectivity index is 1.93. The minimum Gasteiger partial charge on any atom is -0.482 e. The summed E-state index contributed by atoms with van der Waals surface area (Å²) in [5.74, 6) is -0.434. The number of hydrogen-bond donors (Lipinski definition) is 2. The Morgan fingerprint density at radius 3 is 2.70 bits per heavy atom. The molecular weight excluding hydrogens is 256 g/mol. The van der Waals surface area contributed by atoms with Crippen LogP contribution >= 0.6 is 0 Å². The van der Waals surface area contributed by atoms with Crippen molar-refractivity contribution in [3.8, 4) is 16.9 Å². The van der Waals surface area contributed by atoms with Gasteiger partial charge in [-0.25, -0.2) is 4.79 Å². The van der Waals surface area contributed by atoms with E-state index in [1.807, 2.05) is 30.5 Å². The van der Waals surface area contributed by atoms with Crippen molar-refractivity contribution in [1.29, 1.82) is 0 Å². The number of carboxylic acids is 1. The molecule has 0 spiro atoms. The van der Waals surface area contributed by atoms with Gasteiger partial charge in [-0.1, -0.05) is 18.2 Å². The second-order valence-corrected chi connectivity index (χ2v) is 4.39. The van der Waals surface area contributed by atoms with Crippen LogP contribution in [0.1, 0.15) is 0 Å². The Hall–Kier alpha value is -2.82. The molecule has 1 aromatic heterocycles. The van der Waals surface area contributed by atoms with Gasteiger partial charge in [-0.3, -0.25) is 5.10 Å². The number of nitrogens with zero attached hydrogens (tertiary/aromatic N) is 1. The minimum absolute atomic E-state index is 0.335. The van der Waals surface area contributed by atoms with E-state index in [4.69, 9.17) is 9.84 Å². The van der Waals surface area contributed by atoms with Crippen LogP contribution < -0.4 is 4.74 Å². The fraction of sp³-hybridized carbons (Fsp3) is 0.0667.